The van der Waals surface area contributed by atoms with E-state index < -0.39 is 25.8 Å². The lowest BCUT2D eigenvalue weighted by atomic mass is 10.0. The molecule has 0 spiro atoms. The Kier molecular flexibility index (Phi) is 5.25. The molecule has 0 bridgehead atoms. The summed E-state index contributed by atoms with van der Waals surface area (Å²) in [5.41, 5.74) is 1.43. The van der Waals surface area contributed by atoms with Crippen LogP contribution in [0.4, 0.5) is 0 Å². The zero-order valence-corrected chi connectivity index (χ0v) is 8.86. The summed E-state index contributed by atoms with van der Waals surface area (Å²) in [6, 6.07) is -0.826. The van der Waals surface area contributed by atoms with Crippen LogP contribution in [0, 0.1) is 5.92 Å². The number of carbonyl (C=O) groups excluding carboxylic acids is 1. The highest BCUT2D eigenvalue weighted by molar-refractivity contribution is 7.51. The summed E-state index contributed by atoms with van der Waals surface area (Å²) in [6.07, 6.45) is -0.594. The SMILES string of the molecule is CC(C)C(NCP(=O)(O)O)C(=O)NO. The molecular weight excluding hydrogens is 211 g/mol. The van der Waals surface area contributed by atoms with E-state index in [0.717, 1.165) is 0 Å². The maximum Gasteiger partial charge on any atom is 0.339 e. The summed E-state index contributed by atoms with van der Waals surface area (Å²) in [5.74, 6) is -0.901. The van der Waals surface area contributed by atoms with Crippen molar-refractivity contribution in [3.8, 4) is 0 Å². The Morgan fingerprint density at radius 2 is 1.93 bits per heavy atom. The van der Waals surface area contributed by atoms with Gasteiger partial charge < -0.3 is 9.79 Å². The predicted octanol–water partition coefficient (Wildman–Crippen LogP) is -0.759. The van der Waals surface area contributed by atoms with Crippen LogP contribution in [0.1, 0.15) is 13.8 Å². The number of amides is 1. The Labute approximate surface area is 81.6 Å². The van der Waals surface area contributed by atoms with Gasteiger partial charge in [-0.2, -0.15) is 0 Å². The van der Waals surface area contributed by atoms with E-state index in [1.165, 1.54) is 5.48 Å². The number of hydrogen-bond donors (Lipinski definition) is 5. The second kappa shape index (κ2) is 5.43. The van der Waals surface area contributed by atoms with Crippen LogP contribution in [0.5, 0.6) is 0 Å². The van der Waals surface area contributed by atoms with Crippen LogP contribution in [0.3, 0.4) is 0 Å². The molecule has 1 atom stereocenters. The van der Waals surface area contributed by atoms with Crippen molar-refractivity contribution in [2.75, 3.05) is 6.29 Å². The van der Waals surface area contributed by atoms with Gasteiger partial charge >= 0.3 is 7.60 Å². The molecule has 0 saturated carbocycles. The van der Waals surface area contributed by atoms with E-state index in [-0.39, 0.29) is 5.92 Å². The Morgan fingerprint density at radius 1 is 1.43 bits per heavy atom. The maximum atomic E-state index is 11.0. The first kappa shape index (κ1) is 13.5. The van der Waals surface area contributed by atoms with Gasteiger partial charge in [0.2, 0.25) is 0 Å². The monoisotopic (exact) mass is 226 g/mol. The Hall–Kier alpha value is -0.460. The fourth-order valence-corrected chi connectivity index (χ4v) is 1.35. The normalized spacial score (nSPS) is 14.1. The third-order valence-corrected chi connectivity index (χ3v) is 2.17. The molecule has 0 heterocycles. The average Bonchev–Trinajstić information content (AvgIpc) is 2.01. The molecule has 0 fully saturated rings. The van der Waals surface area contributed by atoms with Gasteiger partial charge in [0.25, 0.3) is 5.91 Å². The number of rotatable bonds is 5. The van der Waals surface area contributed by atoms with Crippen LogP contribution < -0.4 is 10.8 Å². The average molecular weight is 226 g/mol. The highest BCUT2D eigenvalue weighted by atomic mass is 31.2. The lowest BCUT2D eigenvalue weighted by Crippen LogP contribution is -2.46. The number of hydroxylamine groups is 1. The van der Waals surface area contributed by atoms with Gasteiger partial charge in [-0.3, -0.25) is 19.9 Å². The molecule has 0 aromatic carbocycles. The van der Waals surface area contributed by atoms with E-state index in [2.05, 4.69) is 5.32 Å². The first-order valence-corrected chi connectivity index (χ1v) is 5.79. The third-order valence-electron chi connectivity index (χ3n) is 1.58. The molecule has 0 aromatic rings. The Morgan fingerprint density at radius 3 is 2.21 bits per heavy atom. The standard InChI is InChI=1S/C6H15N2O5P/c1-4(2)5(6(9)8-10)7-3-14(11,12)13/h4-5,7,10H,3H2,1-2H3,(H,8,9)(H2,11,12,13). The molecule has 0 radical (unpaired) electrons. The zero-order valence-electron chi connectivity index (χ0n) is 7.97. The fraction of sp³-hybridized carbons (Fsp3) is 0.833. The van der Waals surface area contributed by atoms with E-state index in [1.54, 1.807) is 13.8 Å². The summed E-state index contributed by atoms with van der Waals surface area (Å²) in [5, 5.41) is 10.7. The van der Waals surface area contributed by atoms with Crippen LogP contribution in [-0.2, 0) is 9.36 Å². The smallest absolute Gasteiger partial charge is 0.324 e. The molecule has 0 aliphatic heterocycles. The molecule has 0 aliphatic carbocycles. The minimum absolute atomic E-state index is 0.186. The Balaban J connectivity index is 4.25. The quantitative estimate of drug-likeness (QED) is 0.239. The van der Waals surface area contributed by atoms with Gasteiger partial charge in [-0.05, 0) is 5.92 Å². The summed E-state index contributed by atoms with van der Waals surface area (Å²) in [4.78, 5) is 28.1. The molecule has 7 nitrogen and oxygen atoms in total. The van der Waals surface area contributed by atoms with E-state index >= 15 is 0 Å². The van der Waals surface area contributed by atoms with Gasteiger partial charge in [-0.1, -0.05) is 13.8 Å². The number of nitrogens with one attached hydrogen (secondary N) is 2. The first-order chi connectivity index (χ1) is 6.28. The fourth-order valence-electron chi connectivity index (χ4n) is 0.918. The second-order valence-electron chi connectivity index (χ2n) is 3.22. The predicted molar refractivity (Wildman–Crippen MR) is 48.6 cm³/mol. The molecule has 8 heteroatoms. The van der Waals surface area contributed by atoms with E-state index in [0.29, 0.717) is 0 Å². The summed E-state index contributed by atoms with van der Waals surface area (Å²) < 4.78 is 10.5. The van der Waals surface area contributed by atoms with E-state index in [9.17, 15) is 9.36 Å². The van der Waals surface area contributed by atoms with E-state index in [4.69, 9.17) is 15.0 Å². The first-order valence-electron chi connectivity index (χ1n) is 4.00. The molecule has 0 rings (SSSR count). The molecule has 1 unspecified atom stereocenters. The molecule has 14 heavy (non-hydrogen) atoms. The lowest BCUT2D eigenvalue weighted by Gasteiger charge is -2.20. The molecule has 0 aliphatic rings. The topological polar surface area (TPSA) is 119 Å². The van der Waals surface area contributed by atoms with Gasteiger partial charge in [0, 0.05) is 0 Å². The minimum Gasteiger partial charge on any atom is -0.324 e. The minimum atomic E-state index is -4.18. The highest BCUT2D eigenvalue weighted by Crippen LogP contribution is 2.32. The molecular formula is C6H15N2O5P. The van der Waals surface area contributed by atoms with Gasteiger partial charge in [-0.25, -0.2) is 5.48 Å². The van der Waals surface area contributed by atoms with Crippen LogP contribution in [0.25, 0.3) is 0 Å². The molecule has 1 amide bonds. The van der Waals surface area contributed by atoms with Gasteiger partial charge in [0.15, 0.2) is 0 Å². The lowest BCUT2D eigenvalue weighted by molar-refractivity contribution is -0.132. The van der Waals surface area contributed by atoms with Crippen molar-refractivity contribution < 1.29 is 24.4 Å². The number of carbonyl (C=O) groups is 1. The van der Waals surface area contributed by atoms with Crippen molar-refractivity contribution in [1.82, 2.24) is 10.8 Å². The Bertz CT molecular complexity index is 238. The van der Waals surface area contributed by atoms with Gasteiger partial charge in [-0.15, -0.1) is 0 Å². The number of hydrogen-bond acceptors (Lipinski definition) is 4. The van der Waals surface area contributed by atoms with Crippen molar-refractivity contribution in [2.24, 2.45) is 5.92 Å². The summed E-state index contributed by atoms with van der Waals surface area (Å²) in [7, 11) is -4.18. The van der Waals surface area contributed by atoms with Crippen LogP contribution in [0.15, 0.2) is 0 Å². The van der Waals surface area contributed by atoms with Gasteiger partial charge in [0.1, 0.15) is 0 Å². The van der Waals surface area contributed by atoms with Crippen LogP contribution in [-0.4, -0.2) is 33.2 Å². The molecule has 84 valence electrons. The van der Waals surface area contributed by atoms with Crippen molar-refractivity contribution >= 4 is 13.5 Å². The van der Waals surface area contributed by atoms with Gasteiger partial charge in [0.05, 0.1) is 12.3 Å². The second-order valence-corrected chi connectivity index (χ2v) is 4.87. The largest absolute Gasteiger partial charge is 0.339 e. The zero-order chi connectivity index (χ0) is 11.4. The summed E-state index contributed by atoms with van der Waals surface area (Å²) >= 11 is 0. The van der Waals surface area contributed by atoms with Crippen LogP contribution in [0.2, 0.25) is 0 Å². The van der Waals surface area contributed by atoms with Crippen molar-refractivity contribution in [3.05, 3.63) is 0 Å². The van der Waals surface area contributed by atoms with Crippen molar-refractivity contribution in [1.29, 1.82) is 0 Å². The van der Waals surface area contributed by atoms with Crippen molar-refractivity contribution in [2.45, 2.75) is 19.9 Å². The highest BCUT2D eigenvalue weighted by Gasteiger charge is 2.24. The molecule has 0 saturated heterocycles. The van der Waals surface area contributed by atoms with Crippen LogP contribution >= 0.6 is 7.60 Å². The van der Waals surface area contributed by atoms with Crippen molar-refractivity contribution in [3.63, 3.8) is 0 Å². The molecule has 5 N–H and O–H groups in total. The third kappa shape index (κ3) is 5.31. The summed E-state index contributed by atoms with van der Waals surface area (Å²) in [6.45, 7) is 3.37. The maximum absolute atomic E-state index is 11.0. The van der Waals surface area contributed by atoms with E-state index in [1.807, 2.05) is 0 Å². The molecule has 0 aromatic heterocycles.